The summed E-state index contributed by atoms with van der Waals surface area (Å²) in [7, 11) is 2.07. The lowest BCUT2D eigenvalue weighted by molar-refractivity contribution is 0.253. The van der Waals surface area contributed by atoms with Crippen LogP contribution in [0.4, 0.5) is 0 Å². The molecular formula is C15H16Cl2N2. The molecule has 0 bridgehead atoms. The predicted molar refractivity (Wildman–Crippen MR) is 80.6 cm³/mol. The average Bonchev–Trinajstić information content (AvgIpc) is 2.41. The molecule has 1 atom stereocenters. The molecule has 100 valence electrons. The van der Waals surface area contributed by atoms with Crippen LogP contribution in [0.3, 0.4) is 0 Å². The lowest BCUT2D eigenvalue weighted by Crippen LogP contribution is -2.22. The van der Waals surface area contributed by atoms with Gasteiger partial charge in [-0.1, -0.05) is 47.5 Å². The van der Waals surface area contributed by atoms with E-state index in [-0.39, 0.29) is 6.04 Å². The molecule has 0 fully saturated rings. The van der Waals surface area contributed by atoms with Crippen molar-refractivity contribution < 1.29 is 0 Å². The topological polar surface area (TPSA) is 16.1 Å². The predicted octanol–water partition coefficient (Wildman–Crippen LogP) is 4.58. The zero-order valence-electron chi connectivity index (χ0n) is 11.0. The van der Waals surface area contributed by atoms with Crippen molar-refractivity contribution in [1.82, 2.24) is 9.88 Å². The molecule has 1 heterocycles. The highest BCUT2D eigenvalue weighted by Crippen LogP contribution is 2.27. The van der Waals surface area contributed by atoms with Gasteiger partial charge in [-0.2, -0.15) is 0 Å². The maximum atomic E-state index is 6.23. The first kappa shape index (κ1) is 14.3. The molecule has 2 nitrogen and oxygen atoms in total. The van der Waals surface area contributed by atoms with Gasteiger partial charge in [-0.25, -0.2) is 4.98 Å². The largest absolute Gasteiger partial charge is 0.295 e. The van der Waals surface area contributed by atoms with Crippen molar-refractivity contribution >= 4 is 23.2 Å². The van der Waals surface area contributed by atoms with Crippen molar-refractivity contribution in [3.05, 3.63) is 63.9 Å². The Kier molecular flexibility index (Phi) is 4.81. The summed E-state index contributed by atoms with van der Waals surface area (Å²) in [6.45, 7) is 2.95. The third kappa shape index (κ3) is 3.69. The summed E-state index contributed by atoms with van der Waals surface area (Å²) in [4.78, 5) is 6.32. The minimum atomic E-state index is 0.240. The van der Waals surface area contributed by atoms with Crippen LogP contribution in [-0.4, -0.2) is 16.9 Å². The second-order valence-corrected chi connectivity index (χ2v) is 5.40. The summed E-state index contributed by atoms with van der Waals surface area (Å²) in [6, 6.07) is 12.0. The second-order valence-electron chi connectivity index (χ2n) is 4.60. The third-order valence-corrected chi connectivity index (χ3v) is 3.80. The van der Waals surface area contributed by atoms with Gasteiger partial charge in [-0.3, -0.25) is 4.90 Å². The van der Waals surface area contributed by atoms with E-state index in [1.807, 2.05) is 30.3 Å². The van der Waals surface area contributed by atoms with Crippen LogP contribution in [0, 0.1) is 0 Å². The Morgan fingerprint density at radius 2 is 1.89 bits per heavy atom. The Morgan fingerprint density at radius 3 is 2.53 bits per heavy atom. The molecule has 2 rings (SSSR count). The fourth-order valence-corrected chi connectivity index (χ4v) is 2.38. The first-order valence-corrected chi connectivity index (χ1v) is 6.88. The van der Waals surface area contributed by atoms with Crippen molar-refractivity contribution in [3.63, 3.8) is 0 Å². The van der Waals surface area contributed by atoms with E-state index >= 15 is 0 Å². The van der Waals surface area contributed by atoms with Crippen LogP contribution in [0.1, 0.15) is 24.1 Å². The van der Waals surface area contributed by atoms with Gasteiger partial charge < -0.3 is 0 Å². The van der Waals surface area contributed by atoms with Crippen LogP contribution in [0.5, 0.6) is 0 Å². The molecule has 0 spiro atoms. The van der Waals surface area contributed by atoms with Gasteiger partial charge in [0.05, 0.1) is 0 Å². The Morgan fingerprint density at radius 1 is 1.16 bits per heavy atom. The number of nitrogens with zero attached hydrogens (tertiary/aromatic N) is 2. The molecule has 1 aromatic heterocycles. The molecule has 0 aliphatic rings. The number of aromatic nitrogens is 1. The van der Waals surface area contributed by atoms with E-state index in [2.05, 4.69) is 29.9 Å². The maximum absolute atomic E-state index is 6.23. The minimum Gasteiger partial charge on any atom is -0.295 e. The summed E-state index contributed by atoms with van der Waals surface area (Å²) >= 11 is 12.0. The van der Waals surface area contributed by atoms with E-state index in [9.17, 15) is 0 Å². The van der Waals surface area contributed by atoms with E-state index in [0.29, 0.717) is 5.15 Å². The Labute approximate surface area is 124 Å². The van der Waals surface area contributed by atoms with E-state index in [4.69, 9.17) is 23.2 Å². The van der Waals surface area contributed by atoms with Gasteiger partial charge in [0.2, 0.25) is 0 Å². The molecule has 1 unspecified atom stereocenters. The SMILES string of the molecule is CC(c1ccccc1Cl)N(C)Cc1ccc(Cl)nc1. The second kappa shape index (κ2) is 6.38. The van der Waals surface area contributed by atoms with Crippen molar-refractivity contribution in [2.75, 3.05) is 7.05 Å². The third-order valence-electron chi connectivity index (χ3n) is 3.24. The molecular weight excluding hydrogens is 279 g/mol. The van der Waals surface area contributed by atoms with E-state index < -0.39 is 0 Å². The standard InChI is InChI=1S/C15H16Cl2N2/c1-11(13-5-3-4-6-14(13)16)19(2)10-12-7-8-15(17)18-9-12/h3-9,11H,10H2,1-2H3. The van der Waals surface area contributed by atoms with Crippen molar-refractivity contribution in [3.8, 4) is 0 Å². The van der Waals surface area contributed by atoms with Crippen molar-refractivity contribution in [2.24, 2.45) is 0 Å². The van der Waals surface area contributed by atoms with E-state index in [1.165, 1.54) is 0 Å². The molecule has 0 amide bonds. The Hall–Kier alpha value is -1.09. The van der Waals surface area contributed by atoms with Crippen LogP contribution in [-0.2, 0) is 6.54 Å². The number of pyridine rings is 1. The Bertz CT molecular complexity index is 540. The van der Waals surface area contributed by atoms with Gasteiger partial charge in [0.1, 0.15) is 5.15 Å². The van der Waals surface area contributed by atoms with Crippen LogP contribution < -0.4 is 0 Å². The van der Waals surface area contributed by atoms with Crippen molar-refractivity contribution in [2.45, 2.75) is 19.5 Å². The molecule has 0 saturated carbocycles. The van der Waals surface area contributed by atoms with Gasteiger partial charge in [0.15, 0.2) is 0 Å². The lowest BCUT2D eigenvalue weighted by Gasteiger charge is -2.25. The Balaban J connectivity index is 2.09. The maximum Gasteiger partial charge on any atom is 0.129 e. The molecule has 19 heavy (non-hydrogen) atoms. The van der Waals surface area contributed by atoms with Crippen LogP contribution in [0.15, 0.2) is 42.6 Å². The molecule has 0 saturated heterocycles. The summed E-state index contributed by atoms with van der Waals surface area (Å²) in [5.74, 6) is 0. The first-order chi connectivity index (χ1) is 9.08. The fourth-order valence-electron chi connectivity index (χ4n) is 1.98. The smallest absolute Gasteiger partial charge is 0.129 e. The molecule has 1 aromatic carbocycles. The summed E-state index contributed by atoms with van der Waals surface area (Å²) in [5.41, 5.74) is 2.26. The monoisotopic (exact) mass is 294 g/mol. The zero-order chi connectivity index (χ0) is 13.8. The van der Waals surface area contributed by atoms with Gasteiger partial charge in [-0.15, -0.1) is 0 Å². The number of benzene rings is 1. The van der Waals surface area contributed by atoms with Gasteiger partial charge >= 0.3 is 0 Å². The average molecular weight is 295 g/mol. The van der Waals surface area contributed by atoms with Gasteiger partial charge in [-0.05, 0) is 37.2 Å². The van der Waals surface area contributed by atoms with Gasteiger partial charge in [0, 0.05) is 23.8 Å². The van der Waals surface area contributed by atoms with E-state index in [1.54, 1.807) is 6.20 Å². The molecule has 0 aliphatic carbocycles. The highest BCUT2D eigenvalue weighted by molar-refractivity contribution is 6.31. The number of halogens is 2. The number of hydrogen-bond acceptors (Lipinski definition) is 2. The first-order valence-electron chi connectivity index (χ1n) is 6.13. The molecule has 2 aromatic rings. The number of hydrogen-bond donors (Lipinski definition) is 0. The molecule has 4 heteroatoms. The van der Waals surface area contributed by atoms with Gasteiger partial charge in [0.25, 0.3) is 0 Å². The van der Waals surface area contributed by atoms with Crippen molar-refractivity contribution in [1.29, 1.82) is 0 Å². The molecule has 0 N–H and O–H groups in total. The van der Waals surface area contributed by atoms with Crippen LogP contribution in [0.25, 0.3) is 0 Å². The normalized spacial score (nSPS) is 12.7. The molecule has 0 aliphatic heterocycles. The quantitative estimate of drug-likeness (QED) is 0.767. The van der Waals surface area contributed by atoms with Crippen LogP contribution in [0.2, 0.25) is 10.2 Å². The highest BCUT2D eigenvalue weighted by Gasteiger charge is 2.14. The van der Waals surface area contributed by atoms with E-state index in [0.717, 1.165) is 22.7 Å². The molecule has 0 radical (unpaired) electrons. The highest BCUT2D eigenvalue weighted by atomic mass is 35.5. The minimum absolute atomic E-state index is 0.240. The zero-order valence-corrected chi connectivity index (χ0v) is 12.5. The van der Waals surface area contributed by atoms with Crippen LogP contribution >= 0.6 is 23.2 Å². The lowest BCUT2D eigenvalue weighted by atomic mass is 10.1. The summed E-state index contributed by atoms with van der Waals surface area (Å²) < 4.78 is 0. The summed E-state index contributed by atoms with van der Waals surface area (Å²) in [5, 5.41) is 1.32. The summed E-state index contributed by atoms with van der Waals surface area (Å²) in [6.07, 6.45) is 1.80. The fraction of sp³-hybridized carbons (Fsp3) is 0.267. The number of rotatable bonds is 4.